The van der Waals surface area contributed by atoms with Crippen molar-refractivity contribution < 1.29 is 9.13 Å². The monoisotopic (exact) mass is 396 g/mol. The first-order valence-corrected chi connectivity index (χ1v) is 8.94. The standard InChI is InChI=1S/C18H14AsFN4O/c19-15-9-23-14(8-24-15)13-5-4-12(11-2-1-3-11)18(17(13)20)25-16-10-21-6-7-22-16/h4-11H,1-3H2. The van der Waals surface area contributed by atoms with Crippen LogP contribution in [0.2, 0.25) is 0 Å². The molecule has 0 unspecified atom stereocenters. The van der Waals surface area contributed by atoms with Gasteiger partial charge in [-0.15, -0.1) is 0 Å². The molecule has 2 aromatic heterocycles. The van der Waals surface area contributed by atoms with Gasteiger partial charge in [0.25, 0.3) is 0 Å². The number of ether oxygens (including phenoxy) is 1. The molecule has 0 amide bonds. The van der Waals surface area contributed by atoms with Gasteiger partial charge in [0, 0.05) is 0 Å². The summed E-state index contributed by atoms with van der Waals surface area (Å²) in [5.41, 5.74) is 1.70. The van der Waals surface area contributed by atoms with Crippen molar-refractivity contribution in [2.75, 3.05) is 0 Å². The molecule has 0 aliphatic heterocycles. The van der Waals surface area contributed by atoms with Crippen LogP contribution in [0.15, 0.2) is 43.1 Å². The van der Waals surface area contributed by atoms with Gasteiger partial charge < -0.3 is 0 Å². The number of nitrogens with zero attached hydrogens (tertiary/aromatic N) is 4. The van der Waals surface area contributed by atoms with Crippen LogP contribution >= 0.6 is 0 Å². The molecule has 4 rings (SSSR count). The zero-order valence-electron chi connectivity index (χ0n) is 13.3. The van der Waals surface area contributed by atoms with Crippen LogP contribution in [-0.2, 0) is 0 Å². The van der Waals surface area contributed by atoms with Crippen LogP contribution in [0, 0.1) is 5.82 Å². The Morgan fingerprint density at radius 2 is 1.92 bits per heavy atom. The molecule has 1 aliphatic rings. The van der Waals surface area contributed by atoms with Gasteiger partial charge in [-0.25, -0.2) is 0 Å². The Bertz CT molecular complexity index is 886. The summed E-state index contributed by atoms with van der Waals surface area (Å²) in [6.45, 7) is 0. The Morgan fingerprint density at radius 3 is 2.56 bits per heavy atom. The summed E-state index contributed by atoms with van der Waals surface area (Å²) in [4.78, 5) is 16.5. The summed E-state index contributed by atoms with van der Waals surface area (Å²) >= 11 is 2.31. The fourth-order valence-corrected chi connectivity index (χ4v) is 3.06. The second-order valence-corrected chi connectivity index (χ2v) is 6.84. The Kier molecular flexibility index (Phi) is 4.45. The summed E-state index contributed by atoms with van der Waals surface area (Å²) in [7, 11) is 0. The fraction of sp³-hybridized carbons (Fsp3) is 0.222. The van der Waals surface area contributed by atoms with Gasteiger partial charge in [-0.3, -0.25) is 0 Å². The van der Waals surface area contributed by atoms with E-state index in [2.05, 4.69) is 36.8 Å². The molecule has 0 N–H and O–H groups in total. The van der Waals surface area contributed by atoms with E-state index in [-0.39, 0.29) is 11.6 Å². The molecule has 1 aliphatic carbocycles. The summed E-state index contributed by atoms with van der Waals surface area (Å²) in [6.07, 6.45) is 10.9. The van der Waals surface area contributed by atoms with Crippen molar-refractivity contribution in [1.29, 1.82) is 0 Å². The van der Waals surface area contributed by atoms with E-state index in [1.807, 2.05) is 6.07 Å². The fourth-order valence-electron chi connectivity index (χ4n) is 2.82. The number of halogens is 1. The third-order valence-corrected chi connectivity index (χ3v) is 4.82. The molecule has 1 aromatic carbocycles. The van der Waals surface area contributed by atoms with E-state index in [4.69, 9.17) is 4.74 Å². The van der Waals surface area contributed by atoms with Crippen LogP contribution in [0.4, 0.5) is 4.39 Å². The van der Waals surface area contributed by atoms with Crippen molar-refractivity contribution in [3.63, 3.8) is 0 Å². The van der Waals surface area contributed by atoms with Crippen molar-refractivity contribution >= 4 is 21.3 Å². The average Bonchev–Trinajstić information content (AvgIpc) is 2.59. The second-order valence-electron chi connectivity index (χ2n) is 5.88. The van der Waals surface area contributed by atoms with Crippen molar-refractivity contribution in [2.45, 2.75) is 25.2 Å². The van der Waals surface area contributed by atoms with Crippen LogP contribution in [0.1, 0.15) is 30.7 Å². The Morgan fingerprint density at radius 1 is 1.04 bits per heavy atom. The van der Waals surface area contributed by atoms with Crippen LogP contribution in [-0.4, -0.2) is 36.8 Å². The molecule has 0 bridgehead atoms. The zero-order chi connectivity index (χ0) is 17.2. The van der Waals surface area contributed by atoms with Crippen molar-refractivity contribution in [1.82, 2.24) is 19.9 Å². The van der Waals surface area contributed by atoms with Crippen molar-refractivity contribution in [3.8, 4) is 22.9 Å². The normalized spacial score (nSPS) is 14.2. The van der Waals surface area contributed by atoms with Crippen molar-refractivity contribution in [2.24, 2.45) is 0 Å². The minimum absolute atomic E-state index is 0.209. The van der Waals surface area contributed by atoms with Crippen LogP contribution < -0.4 is 9.22 Å². The van der Waals surface area contributed by atoms with Gasteiger partial charge in [-0.2, -0.15) is 0 Å². The predicted octanol–water partition coefficient (Wildman–Crippen LogP) is 2.93. The van der Waals surface area contributed by atoms with Gasteiger partial charge in [-0.05, 0) is 0 Å². The topological polar surface area (TPSA) is 60.8 Å². The molecule has 2 radical (unpaired) electrons. The summed E-state index contributed by atoms with van der Waals surface area (Å²) < 4.78 is 21.8. The van der Waals surface area contributed by atoms with Gasteiger partial charge in [0.15, 0.2) is 0 Å². The number of aromatic nitrogens is 4. The number of hydrogen-bond donors (Lipinski definition) is 0. The minimum atomic E-state index is -0.442. The maximum atomic E-state index is 15.3. The van der Waals surface area contributed by atoms with E-state index in [0.29, 0.717) is 17.2 Å². The molecule has 1 saturated carbocycles. The van der Waals surface area contributed by atoms with E-state index in [1.54, 1.807) is 24.7 Å². The second kappa shape index (κ2) is 6.88. The third-order valence-electron chi connectivity index (χ3n) is 4.33. The molecule has 0 atom stereocenters. The van der Waals surface area contributed by atoms with Gasteiger partial charge >= 0.3 is 153 Å². The molecule has 0 spiro atoms. The molecule has 25 heavy (non-hydrogen) atoms. The van der Waals surface area contributed by atoms with E-state index in [0.717, 1.165) is 29.3 Å². The molecular weight excluding hydrogens is 382 g/mol. The SMILES string of the molecule is Fc1c(-c2cnc([As])cn2)ccc(C2CCC2)c1Oc1cnccn1. The van der Waals surface area contributed by atoms with Gasteiger partial charge in [0.05, 0.1) is 0 Å². The quantitative estimate of drug-likeness (QED) is 0.635. The Hall–Kier alpha value is -2.33. The molecular formula is C18H14AsFN4O. The van der Waals surface area contributed by atoms with E-state index < -0.39 is 5.82 Å². The van der Waals surface area contributed by atoms with Crippen molar-refractivity contribution in [3.05, 3.63) is 54.5 Å². The summed E-state index contributed by atoms with van der Waals surface area (Å²) in [5, 5.41) is 0. The molecule has 5 nitrogen and oxygen atoms in total. The number of hydrogen-bond acceptors (Lipinski definition) is 5. The molecule has 2 heterocycles. The molecule has 0 saturated heterocycles. The zero-order valence-corrected chi connectivity index (χ0v) is 15.1. The number of benzene rings is 1. The third kappa shape index (κ3) is 3.27. The van der Waals surface area contributed by atoms with Gasteiger partial charge in [-0.1, -0.05) is 0 Å². The predicted molar refractivity (Wildman–Crippen MR) is 91.5 cm³/mol. The van der Waals surface area contributed by atoms with E-state index in [9.17, 15) is 0 Å². The summed E-state index contributed by atoms with van der Waals surface area (Å²) in [6, 6.07) is 3.67. The van der Waals surface area contributed by atoms with E-state index >= 15 is 4.39 Å². The average molecular weight is 396 g/mol. The van der Waals surface area contributed by atoms with Gasteiger partial charge in [0.1, 0.15) is 0 Å². The van der Waals surface area contributed by atoms with Gasteiger partial charge in [0.2, 0.25) is 0 Å². The number of rotatable bonds is 4. The van der Waals surface area contributed by atoms with Crippen LogP contribution in [0.3, 0.4) is 0 Å². The van der Waals surface area contributed by atoms with E-state index in [1.165, 1.54) is 12.4 Å². The van der Waals surface area contributed by atoms with Crippen LogP contribution in [0.5, 0.6) is 11.6 Å². The summed E-state index contributed by atoms with van der Waals surface area (Å²) in [5.74, 6) is 0.353. The maximum absolute atomic E-state index is 15.3. The molecule has 3 aromatic rings. The first-order chi connectivity index (χ1) is 12.2. The molecule has 1 fully saturated rings. The first kappa shape index (κ1) is 16.2. The first-order valence-electron chi connectivity index (χ1n) is 8.00. The molecule has 124 valence electrons. The Balaban J connectivity index is 1.79. The molecule has 7 heteroatoms. The Labute approximate surface area is 153 Å². The van der Waals surface area contributed by atoms with Crippen LogP contribution in [0.25, 0.3) is 11.3 Å².